The van der Waals surface area contributed by atoms with Gasteiger partial charge in [-0.25, -0.2) is 9.97 Å². The normalized spacial score (nSPS) is 14.1. The molecule has 0 amide bonds. The number of rotatable bonds is 7. The third-order valence-corrected chi connectivity index (χ3v) is 7.02. The number of benzene rings is 1. The molecule has 0 aliphatic rings. The Morgan fingerprint density at radius 1 is 1.09 bits per heavy atom. The van der Waals surface area contributed by atoms with E-state index in [-0.39, 0.29) is 5.43 Å². The van der Waals surface area contributed by atoms with Crippen LogP contribution >= 0.6 is 11.3 Å². The highest BCUT2D eigenvalue weighted by molar-refractivity contribution is 7.17. The number of aliphatic hydroxyl groups is 1. The minimum atomic E-state index is -4.94. The summed E-state index contributed by atoms with van der Waals surface area (Å²) in [5.74, 6) is 0.406. The van der Waals surface area contributed by atoms with Gasteiger partial charge < -0.3 is 14.4 Å². The molecule has 0 aliphatic carbocycles. The predicted molar refractivity (Wildman–Crippen MR) is 129 cm³/mol. The smallest absolute Gasteiger partial charge is 0.418 e. The SMILES string of the molecule is COc1ccc(-c2cncnc2)cc1C(C)(C)CC(O)(Cn1ccc(=O)c2sccc21)C(F)(F)F. The number of nitrogens with zero attached hydrogens (tertiary/aromatic N) is 3. The Hall–Kier alpha value is -3.24. The second-order valence-corrected chi connectivity index (χ2v) is 9.99. The third kappa shape index (κ3) is 4.81. The number of pyridine rings is 1. The number of aromatic nitrogens is 3. The van der Waals surface area contributed by atoms with Crippen LogP contribution in [0.1, 0.15) is 25.8 Å². The first-order valence-corrected chi connectivity index (χ1v) is 11.6. The number of thiophene rings is 1. The van der Waals surface area contributed by atoms with Gasteiger partial charge in [0.2, 0.25) is 0 Å². The van der Waals surface area contributed by atoms with Gasteiger partial charge in [0.25, 0.3) is 0 Å². The summed E-state index contributed by atoms with van der Waals surface area (Å²) in [6.07, 6.45) is 0.320. The largest absolute Gasteiger partial charge is 0.496 e. The maximum atomic E-state index is 14.4. The van der Waals surface area contributed by atoms with E-state index in [0.29, 0.717) is 32.7 Å². The van der Waals surface area contributed by atoms with E-state index in [4.69, 9.17) is 4.74 Å². The number of ether oxygens (including phenoxy) is 1. The molecule has 0 saturated carbocycles. The zero-order chi connectivity index (χ0) is 25.4. The molecule has 1 N–H and O–H groups in total. The molecule has 0 spiro atoms. The van der Waals surface area contributed by atoms with Crippen LogP contribution in [0.4, 0.5) is 13.2 Å². The van der Waals surface area contributed by atoms with Crippen molar-refractivity contribution in [2.75, 3.05) is 7.11 Å². The lowest BCUT2D eigenvalue weighted by atomic mass is 9.73. The van der Waals surface area contributed by atoms with E-state index < -0.39 is 30.2 Å². The van der Waals surface area contributed by atoms with Gasteiger partial charge >= 0.3 is 6.18 Å². The van der Waals surface area contributed by atoms with Crippen molar-refractivity contribution in [2.45, 2.75) is 44.0 Å². The summed E-state index contributed by atoms with van der Waals surface area (Å²) >= 11 is 1.15. The number of fused-ring (bicyclic) bond motifs is 1. The van der Waals surface area contributed by atoms with E-state index in [2.05, 4.69) is 9.97 Å². The molecule has 184 valence electrons. The van der Waals surface area contributed by atoms with Gasteiger partial charge in [0.15, 0.2) is 11.0 Å². The van der Waals surface area contributed by atoms with Crippen LogP contribution in [0, 0.1) is 0 Å². The molecule has 0 aliphatic heterocycles. The first-order valence-electron chi connectivity index (χ1n) is 10.7. The standard InChI is InChI=1S/C25H24F3N3O3S/c1-23(2,18-10-16(4-5-21(18)34-3)17-11-29-15-30-12-17)13-24(33,25(26,27)28)14-31-8-6-20(32)22-19(31)7-9-35-22/h4-12,15,33H,13-14H2,1-3H3. The van der Waals surface area contributed by atoms with Crippen LogP contribution in [0.15, 0.2) is 65.4 Å². The van der Waals surface area contributed by atoms with Gasteiger partial charge in [-0.3, -0.25) is 4.79 Å². The van der Waals surface area contributed by atoms with Crippen molar-refractivity contribution in [2.24, 2.45) is 0 Å². The summed E-state index contributed by atoms with van der Waals surface area (Å²) in [5.41, 5.74) is -2.24. The average molecular weight is 504 g/mol. The van der Waals surface area contributed by atoms with Crippen LogP contribution in [0.2, 0.25) is 0 Å². The summed E-state index contributed by atoms with van der Waals surface area (Å²) < 4.78 is 50.3. The van der Waals surface area contributed by atoms with E-state index in [1.54, 1.807) is 55.9 Å². The molecule has 0 bridgehead atoms. The van der Waals surface area contributed by atoms with Crippen LogP contribution in [0.3, 0.4) is 0 Å². The second kappa shape index (κ2) is 9.09. The summed E-state index contributed by atoms with van der Waals surface area (Å²) in [4.78, 5) is 20.1. The highest BCUT2D eigenvalue weighted by Crippen LogP contribution is 2.45. The molecular formula is C25H24F3N3O3S. The molecule has 3 heterocycles. The highest BCUT2D eigenvalue weighted by Gasteiger charge is 2.56. The monoisotopic (exact) mass is 503 g/mol. The Morgan fingerprint density at radius 2 is 1.80 bits per heavy atom. The Balaban J connectivity index is 1.76. The molecule has 0 radical (unpaired) electrons. The maximum absolute atomic E-state index is 14.4. The summed E-state index contributed by atoms with van der Waals surface area (Å²) in [7, 11) is 1.45. The molecule has 10 heteroatoms. The van der Waals surface area contributed by atoms with Crippen LogP contribution in [-0.2, 0) is 12.0 Å². The van der Waals surface area contributed by atoms with Crippen molar-refractivity contribution in [3.8, 4) is 16.9 Å². The van der Waals surface area contributed by atoms with Crippen molar-refractivity contribution in [3.05, 3.63) is 76.4 Å². The summed E-state index contributed by atoms with van der Waals surface area (Å²) in [5, 5.41) is 12.8. The van der Waals surface area contributed by atoms with E-state index in [1.807, 2.05) is 0 Å². The van der Waals surface area contributed by atoms with E-state index >= 15 is 0 Å². The quantitative estimate of drug-likeness (QED) is 0.376. The van der Waals surface area contributed by atoms with E-state index in [1.165, 1.54) is 30.3 Å². The molecule has 35 heavy (non-hydrogen) atoms. The van der Waals surface area contributed by atoms with Gasteiger partial charge in [-0.05, 0) is 41.0 Å². The van der Waals surface area contributed by atoms with E-state index in [9.17, 15) is 23.1 Å². The van der Waals surface area contributed by atoms with Gasteiger partial charge in [0, 0.05) is 35.8 Å². The third-order valence-electron chi connectivity index (χ3n) is 6.10. The Bertz CT molecular complexity index is 1400. The average Bonchev–Trinajstić information content (AvgIpc) is 3.31. The molecule has 1 unspecified atom stereocenters. The Morgan fingerprint density at radius 3 is 2.46 bits per heavy atom. The molecule has 3 aromatic heterocycles. The van der Waals surface area contributed by atoms with Crippen molar-refractivity contribution in [3.63, 3.8) is 0 Å². The number of methoxy groups -OCH3 is 1. The van der Waals surface area contributed by atoms with Gasteiger partial charge in [-0.2, -0.15) is 13.2 Å². The summed E-state index contributed by atoms with van der Waals surface area (Å²) in [6.45, 7) is 2.51. The minimum absolute atomic E-state index is 0.270. The number of alkyl halides is 3. The van der Waals surface area contributed by atoms with Crippen molar-refractivity contribution >= 4 is 21.6 Å². The van der Waals surface area contributed by atoms with Crippen LogP contribution < -0.4 is 10.2 Å². The maximum Gasteiger partial charge on any atom is 0.418 e. The molecule has 6 nitrogen and oxygen atoms in total. The lowest BCUT2D eigenvalue weighted by Crippen LogP contribution is -2.52. The molecular weight excluding hydrogens is 479 g/mol. The van der Waals surface area contributed by atoms with Gasteiger partial charge in [0.05, 0.1) is 23.9 Å². The second-order valence-electron chi connectivity index (χ2n) is 9.08. The number of halogens is 3. The number of hydrogen-bond donors (Lipinski definition) is 1. The lowest BCUT2D eigenvalue weighted by Gasteiger charge is -2.39. The van der Waals surface area contributed by atoms with Crippen molar-refractivity contribution in [1.82, 2.24) is 14.5 Å². The lowest BCUT2D eigenvalue weighted by molar-refractivity contribution is -0.271. The fourth-order valence-corrected chi connectivity index (χ4v) is 5.21. The minimum Gasteiger partial charge on any atom is -0.496 e. The topological polar surface area (TPSA) is 77.2 Å². The molecule has 0 fully saturated rings. The van der Waals surface area contributed by atoms with Crippen molar-refractivity contribution in [1.29, 1.82) is 0 Å². The fraction of sp³-hybridized carbons (Fsp3) is 0.320. The first kappa shape index (κ1) is 24.9. The Labute approximate surface area is 203 Å². The van der Waals surface area contributed by atoms with Gasteiger partial charge in [0.1, 0.15) is 12.1 Å². The molecule has 4 aromatic rings. The van der Waals surface area contributed by atoms with Gasteiger partial charge in [-0.1, -0.05) is 19.9 Å². The van der Waals surface area contributed by atoms with Gasteiger partial charge in [-0.15, -0.1) is 11.3 Å². The molecule has 4 rings (SSSR count). The van der Waals surface area contributed by atoms with Crippen LogP contribution in [-0.4, -0.2) is 38.5 Å². The summed E-state index contributed by atoms with van der Waals surface area (Å²) in [6, 6.07) is 8.00. The van der Waals surface area contributed by atoms with Crippen LogP contribution in [0.5, 0.6) is 5.75 Å². The predicted octanol–water partition coefficient (Wildman–Crippen LogP) is 5.19. The van der Waals surface area contributed by atoms with E-state index in [0.717, 1.165) is 11.3 Å². The first-order chi connectivity index (χ1) is 16.4. The van der Waals surface area contributed by atoms with Crippen molar-refractivity contribution < 1.29 is 23.0 Å². The number of hydrogen-bond acceptors (Lipinski definition) is 6. The molecule has 1 aromatic carbocycles. The Kier molecular flexibility index (Phi) is 6.46. The zero-order valence-corrected chi connectivity index (χ0v) is 20.2. The highest BCUT2D eigenvalue weighted by atomic mass is 32.1. The fourth-order valence-electron chi connectivity index (χ4n) is 4.38. The zero-order valence-electron chi connectivity index (χ0n) is 19.3. The molecule has 0 saturated heterocycles. The van der Waals surface area contributed by atoms with Crippen LogP contribution in [0.25, 0.3) is 21.3 Å². The molecule has 1 atom stereocenters.